The standard InChI is InChI=1S/C42H45NO4S/c1-29-8-6-22-41(2)38(20-23-42(41)28-43(40(46)47-42)24-21-35-11-7-25-48-35)36-19-13-30(26-34(44)18-12-29)27-37(36)39(45)33-16-14-32(15-17-33)31-9-4-3-5-10-31/h3-5,7-11,13-17,19,25,27,34,38,44H,6,12,18,20-24,26,28H2,1-2H3. The quantitative estimate of drug-likeness (QED) is 0.165. The van der Waals surface area contributed by atoms with Gasteiger partial charge in [-0.15, -0.1) is 11.3 Å². The predicted octanol–water partition coefficient (Wildman–Crippen LogP) is 9.39. The van der Waals surface area contributed by atoms with Crippen molar-refractivity contribution in [2.24, 2.45) is 5.41 Å². The SMILES string of the molecule is CC1=CCCC2(C)C(CCC23CN(CCc2cccs2)C(=O)O3)c2ccc(cc2C(=O)c2ccc(-c3ccccc3)cc2)CC(O)CC1. The monoisotopic (exact) mass is 659 g/mol. The van der Waals surface area contributed by atoms with E-state index in [4.69, 9.17) is 4.74 Å². The summed E-state index contributed by atoms with van der Waals surface area (Å²) >= 11 is 1.72. The fraction of sp³-hybridized carbons (Fsp3) is 0.381. The lowest BCUT2D eigenvalue weighted by atomic mass is 9.64. The molecule has 3 aromatic carbocycles. The Bertz CT molecular complexity index is 1800. The molecule has 1 N–H and O–H groups in total. The van der Waals surface area contributed by atoms with Gasteiger partial charge in [-0.3, -0.25) is 4.79 Å². The molecule has 2 heterocycles. The fourth-order valence-corrected chi connectivity index (χ4v) is 9.15. The van der Waals surface area contributed by atoms with E-state index in [1.54, 1.807) is 11.3 Å². The predicted molar refractivity (Wildman–Crippen MR) is 193 cm³/mol. The topological polar surface area (TPSA) is 66.8 Å². The maximum absolute atomic E-state index is 14.5. The second-order valence-electron chi connectivity index (χ2n) is 14.3. The number of hydrogen-bond donors (Lipinski definition) is 1. The Hall–Kier alpha value is -4.00. The summed E-state index contributed by atoms with van der Waals surface area (Å²) in [7, 11) is 0. The molecule has 1 amide bonds. The van der Waals surface area contributed by atoms with Crippen molar-refractivity contribution in [3.63, 3.8) is 0 Å². The molecule has 1 aromatic heterocycles. The van der Waals surface area contributed by atoms with Crippen LogP contribution in [0.25, 0.3) is 11.1 Å². The molecular formula is C42H45NO4S. The molecule has 1 aliphatic heterocycles. The van der Waals surface area contributed by atoms with Crippen molar-refractivity contribution in [3.05, 3.63) is 129 Å². The second kappa shape index (κ2) is 13.5. The third-order valence-electron chi connectivity index (χ3n) is 11.3. The summed E-state index contributed by atoms with van der Waals surface area (Å²) in [6.07, 6.45) is 7.72. The molecule has 5 nitrogen and oxygen atoms in total. The first kappa shape index (κ1) is 32.5. The van der Waals surface area contributed by atoms with Crippen LogP contribution < -0.4 is 0 Å². The smallest absolute Gasteiger partial charge is 0.410 e. The largest absolute Gasteiger partial charge is 0.440 e. The van der Waals surface area contributed by atoms with E-state index in [9.17, 15) is 14.7 Å². The van der Waals surface area contributed by atoms with Gasteiger partial charge >= 0.3 is 6.09 Å². The lowest BCUT2D eigenvalue weighted by Crippen LogP contribution is -2.48. The number of carbonyl (C=O) groups excluding carboxylic acids is 2. The number of benzene rings is 3. The number of allylic oxidation sites excluding steroid dienone is 2. The molecule has 1 saturated carbocycles. The van der Waals surface area contributed by atoms with E-state index in [-0.39, 0.29) is 23.2 Å². The van der Waals surface area contributed by atoms with Crippen molar-refractivity contribution in [3.8, 4) is 11.1 Å². The number of thiophene rings is 1. The Balaban J connectivity index is 1.26. The van der Waals surface area contributed by atoms with Gasteiger partial charge in [0, 0.05) is 28.0 Å². The summed E-state index contributed by atoms with van der Waals surface area (Å²) in [5.74, 6) is 0.0220. The molecule has 248 valence electrons. The number of carbonyl (C=O) groups is 2. The van der Waals surface area contributed by atoms with E-state index >= 15 is 0 Å². The third kappa shape index (κ3) is 6.28. The molecule has 2 bridgehead atoms. The number of aliphatic hydroxyl groups is 1. The molecule has 6 heteroatoms. The summed E-state index contributed by atoms with van der Waals surface area (Å²) in [6.45, 7) is 5.66. The van der Waals surface area contributed by atoms with Gasteiger partial charge in [0.05, 0.1) is 12.6 Å². The van der Waals surface area contributed by atoms with Gasteiger partial charge in [-0.1, -0.05) is 91.4 Å². The van der Waals surface area contributed by atoms with E-state index in [1.165, 1.54) is 10.5 Å². The number of hydrogen-bond acceptors (Lipinski definition) is 5. The van der Waals surface area contributed by atoms with Gasteiger partial charge in [0.1, 0.15) is 5.60 Å². The van der Waals surface area contributed by atoms with Gasteiger partial charge in [-0.05, 0) is 104 Å². The number of nitrogens with zero attached hydrogens (tertiary/aromatic N) is 1. The van der Waals surface area contributed by atoms with Crippen molar-refractivity contribution in [1.82, 2.24) is 4.90 Å². The maximum atomic E-state index is 14.5. The van der Waals surface area contributed by atoms with Gasteiger partial charge in [0.15, 0.2) is 5.78 Å². The maximum Gasteiger partial charge on any atom is 0.410 e. The molecule has 4 atom stereocenters. The van der Waals surface area contributed by atoms with Crippen molar-refractivity contribution in [2.75, 3.05) is 13.1 Å². The highest BCUT2D eigenvalue weighted by atomic mass is 32.1. The zero-order valence-electron chi connectivity index (χ0n) is 28.0. The average molecular weight is 660 g/mol. The zero-order valence-corrected chi connectivity index (χ0v) is 28.8. The van der Waals surface area contributed by atoms with Crippen LogP contribution in [0.4, 0.5) is 4.79 Å². The first-order chi connectivity index (χ1) is 23.2. The summed E-state index contributed by atoms with van der Waals surface area (Å²) in [5, 5.41) is 13.0. The lowest BCUT2D eigenvalue weighted by molar-refractivity contribution is -0.0372. The Labute approximate surface area is 288 Å². The highest BCUT2D eigenvalue weighted by Gasteiger charge is 2.63. The number of ketones is 1. The van der Waals surface area contributed by atoms with E-state index in [1.807, 2.05) is 53.4 Å². The van der Waals surface area contributed by atoms with Crippen LogP contribution in [0, 0.1) is 5.41 Å². The molecule has 1 saturated heterocycles. The highest BCUT2D eigenvalue weighted by molar-refractivity contribution is 7.09. The van der Waals surface area contributed by atoms with Crippen molar-refractivity contribution >= 4 is 23.2 Å². The second-order valence-corrected chi connectivity index (χ2v) is 15.3. The van der Waals surface area contributed by atoms with Gasteiger partial charge in [-0.2, -0.15) is 0 Å². The molecule has 8 rings (SSSR count). The van der Waals surface area contributed by atoms with E-state index in [0.29, 0.717) is 37.1 Å². The van der Waals surface area contributed by atoms with Crippen LogP contribution in [0.3, 0.4) is 0 Å². The fourth-order valence-electron chi connectivity index (χ4n) is 8.45. The van der Waals surface area contributed by atoms with Crippen LogP contribution in [-0.2, 0) is 17.6 Å². The molecular weight excluding hydrogens is 615 g/mol. The van der Waals surface area contributed by atoms with Gasteiger partial charge in [-0.25, -0.2) is 4.79 Å². The Morgan fingerprint density at radius 3 is 2.54 bits per heavy atom. The van der Waals surface area contributed by atoms with Crippen molar-refractivity contribution < 1.29 is 19.4 Å². The minimum absolute atomic E-state index is 0.00641. The minimum atomic E-state index is -0.629. The van der Waals surface area contributed by atoms with E-state index < -0.39 is 11.7 Å². The van der Waals surface area contributed by atoms with Crippen LogP contribution in [0.15, 0.2) is 102 Å². The zero-order chi connectivity index (χ0) is 33.3. The molecule has 3 aliphatic carbocycles. The molecule has 2 fully saturated rings. The third-order valence-corrected chi connectivity index (χ3v) is 12.3. The Kier molecular flexibility index (Phi) is 9.14. The number of aliphatic hydroxyl groups excluding tert-OH is 1. The molecule has 4 aliphatic rings. The first-order valence-corrected chi connectivity index (χ1v) is 18.3. The van der Waals surface area contributed by atoms with Gasteiger partial charge in [0.2, 0.25) is 0 Å². The summed E-state index contributed by atoms with van der Waals surface area (Å²) in [5.41, 5.74) is 5.79. The average Bonchev–Trinajstić information content (AvgIpc) is 3.81. The molecule has 4 aromatic rings. The summed E-state index contributed by atoms with van der Waals surface area (Å²) < 4.78 is 6.51. The molecule has 48 heavy (non-hydrogen) atoms. The number of fused-ring (bicyclic) bond motifs is 8. The van der Waals surface area contributed by atoms with Crippen LogP contribution in [0.1, 0.15) is 90.2 Å². The normalized spacial score (nSPS) is 25.9. The minimum Gasteiger partial charge on any atom is -0.440 e. The van der Waals surface area contributed by atoms with Crippen LogP contribution in [0.2, 0.25) is 0 Å². The number of ether oxygens (including phenoxy) is 1. The van der Waals surface area contributed by atoms with Gasteiger partial charge < -0.3 is 14.7 Å². The van der Waals surface area contributed by atoms with Crippen molar-refractivity contribution in [1.29, 1.82) is 0 Å². The molecule has 1 spiro atoms. The molecule has 4 unspecified atom stereocenters. The van der Waals surface area contributed by atoms with E-state index in [2.05, 4.69) is 61.7 Å². The Morgan fingerprint density at radius 1 is 0.979 bits per heavy atom. The first-order valence-electron chi connectivity index (χ1n) is 17.4. The van der Waals surface area contributed by atoms with Crippen molar-refractivity contribution in [2.45, 2.75) is 82.8 Å². The summed E-state index contributed by atoms with van der Waals surface area (Å²) in [6, 6.07) is 28.5. The number of amides is 1. The highest BCUT2D eigenvalue weighted by Crippen LogP contribution is 2.61. The van der Waals surface area contributed by atoms with Crippen LogP contribution >= 0.6 is 11.3 Å². The molecule has 0 radical (unpaired) electrons. The number of rotatable bonds is 6. The Morgan fingerprint density at radius 2 is 1.77 bits per heavy atom. The summed E-state index contributed by atoms with van der Waals surface area (Å²) in [4.78, 5) is 31.2. The van der Waals surface area contributed by atoms with Crippen LogP contribution in [0.5, 0.6) is 0 Å². The van der Waals surface area contributed by atoms with Gasteiger partial charge in [0.25, 0.3) is 0 Å². The lowest BCUT2D eigenvalue weighted by Gasteiger charge is -2.43. The van der Waals surface area contributed by atoms with Crippen LogP contribution in [-0.4, -0.2) is 46.7 Å². The van der Waals surface area contributed by atoms with E-state index in [0.717, 1.165) is 60.8 Å².